The van der Waals surface area contributed by atoms with E-state index >= 15 is 0 Å². The minimum absolute atomic E-state index is 0.209. The molecule has 9 heteroatoms. The van der Waals surface area contributed by atoms with Crippen LogP contribution in [0.3, 0.4) is 0 Å². The Morgan fingerprint density at radius 1 is 1.04 bits per heavy atom. The van der Waals surface area contributed by atoms with E-state index in [9.17, 15) is 18.2 Å². The molecule has 0 aliphatic rings. The Morgan fingerprint density at radius 2 is 1.68 bits per heavy atom. The second-order valence-electron chi connectivity index (χ2n) is 5.76. The zero-order chi connectivity index (χ0) is 18.3. The standard InChI is InChI=1S/C16H17FN4O3S/c1-19-12-13(20(2)16(23)21(3)14(12)22)18-15(19)25(24)9-8-10-4-6-11(17)7-5-10/h4-7H,8-9H2,1-3H3. The van der Waals surface area contributed by atoms with Gasteiger partial charge in [-0.15, -0.1) is 0 Å². The molecule has 0 saturated carbocycles. The summed E-state index contributed by atoms with van der Waals surface area (Å²) in [7, 11) is 3.04. The first-order valence-electron chi connectivity index (χ1n) is 7.56. The molecule has 2 aromatic heterocycles. The highest BCUT2D eigenvalue weighted by atomic mass is 32.2. The van der Waals surface area contributed by atoms with Crippen LogP contribution in [0.4, 0.5) is 4.39 Å². The van der Waals surface area contributed by atoms with E-state index in [2.05, 4.69) is 4.98 Å². The molecular weight excluding hydrogens is 347 g/mol. The number of rotatable bonds is 4. The van der Waals surface area contributed by atoms with E-state index in [0.29, 0.717) is 6.42 Å². The molecule has 1 aromatic carbocycles. The predicted molar refractivity (Wildman–Crippen MR) is 92.6 cm³/mol. The quantitative estimate of drug-likeness (QED) is 0.674. The number of halogens is 1. The van der Waals surface area contributed by atoms with Gasteiger partial charge in [-0.1, -0.05) is 12.1 Å². The summed E-state index contributed by atoms with van der Waals surface area (Å²) in [6.07, 6.45) is 0.479. The highest BCUT2D eigenvalue weighted by Gasteiger charge is 2.20. The van der Waals surface area contributed by atoms with Crippen LogP contribution in [0, 0.1) is 5.82 Å². The third-order valence-electron chi connectivity index (χ3n) is 4.13. The molecule has 0 N–H and O–H groups in total. The Labute approximate surface area is 144 Å². The van der Waals surface area contributed by atoms with Crippen molar-refractivity contribution in [2.75, 3.05) is 5.75 Å². The van der Waals surface area contributed by atoms with Crippen molar-refractivity contribution in [3.8, 4) is 0 Å². The van der Waals surface area contributed by atoms with Crippen molar-refractivity contribution in [1.29, 1.82) is 0 Å². The molecule has 0 spiro atoms. The Bertz CT molecular complexity index is 1100. The summed E-state index contributed by atoms with van der Waals surface area (Å²) in [5.74, 6) is -0.0474. The highest BCUT2D eigenvalue weighted by molar-refractivity contribution is 7.84. The molecule has 0 bridgehead atoms. The monoisotopic (exact) mass is 364 g/mol. The van der Waals surface area contributed by atoms with E-state index in [1.807, 2.05) is 0 Å². The topological polar surface area (TPSA) is 78.9 Å². The van der Waals surface area contributed by atoms with E-state index in [1.165, 1.54) is 35.4 Å². The molecule has 2 heterocycles. The molecule has 0 amide bonds. The van der Waals surface area contributed by atoms with E-state index in [-0.39, 0.29) is 27.9 Å². The summed E-state index contributed by atoms with van der Waals surface area (Å²) in [6, 6.07) is 5.99. The van der Waals surface area contributed by atoms with Crippen molar-refractivity contribution in [3.63, 3.8) is 0 Å². The number of imidazole rings is 1. The summed E-state index contributed by atoms with van der Waals surface area (Å²) in [6.45, 7) is 0. The summed E-state index contributed by atoms with van der Waals surface area (Å²) in [5.41, 5.74) is 0.335. The number of hydrogen-bond acceptors (Lipinski definition) is 4. The Kier molecular flexibility index (Phi) is 4.42. The van der Waals surface area contributed by atoms with Crippen LogP contribution in [-0.2, 0) is 38.4 Å². The van der Waals surface area contributed by atoms with Gasteiger partial charge in [-0.25, -0.2) is 14.2 Å². The number of aromatic nitrogens is 4. The van der Waals surface area contributed by atoms with Gasteiger partial charge in [0.25, 0.3) is 5.56 Å². The predicted octanol–water partition coefficient (Wildman–Crippen LogP) is 0.460. The van der Waals surface area contributed by atoms with E-state index in [4.69, 9.17) is 0 Å². The van der Waals surface area contributed by atoms with Gasteiger partial charge >= 0.3 is 5.69 Å². The van der Waals surface area contributed by atoms with Gasteiger partial charge in [0.15, 0.2) is 11.2 Å². The van der Waals surface area contributed by atoms with Crippen molar-refractivity contribution in [3.05, 3.63) is 56.5 Å². The lowest BCUT2D eigenvalue weighted by Crippen LogP contribution is -2.37. The van der Waals surface area contributed by atoms with E-state index < -0.39 is 22.0 Å². The maximum atomic E-state index is 12.9. The van der Waals surface area contributed by atoms with E-state index in [0.717, 1.165) is 10.1 Å². The average Bonchev–Trinajstić information content (AvgIpc) is 2.95. The van der Waals surface area contributed by atoms with Crippen LogP contribution in [0.2, 0.25) is 0 Å². The van der Waals surface area contributed by atoms with Crippen LogP contribution in [0.1, 0.15) is 5.56 Å². The minimum atomic E-state index is -1.47. The zero-order valence-electron chi connectivity index (χ0n) is 14.0. The van der Waals surface area contributed by atoms with Crippen molar-refractivity contribution < 1.29 is 8.60 Å². The van der Waals surface area contributed by atoms with Crippen molar-refractivity contribution in [2.45, 2.75) is 11.6 Å². The third kappa shape index (κ3) is 2.95. The molecular formula is C16H17FN4O3S. The molecule has 3 rings (SSSR count). The molecule has 132 valence electrons. The molecule has 0 fully saturated rings. The maximum absolute atomic E-state index is 12.9. The number of nitrogens with zero attached hydrogens (tertiary/aromatic N) is 4. The minimum Gasteiger partial charge on any atom is -0.314 e. The second-order valence-corrected chi connectivity index (χ2v) is 7.22. The largest absolute Gasteiger partial charge is 0.332 e. The lowest BCUT2D eigenvalue weighted by molar-refractivity contribution is 0.627. The van der Waals surface area contributed by atoms with Crippen molar-refractivity contribution in [2.24, 2.45) is 21.1 Å². The van der Waals surface area contributed by atoms with Gasteiger partial charge < -0.3 is 4.57 Å². The van der Waals surface area contributed by atoms with E-state index in [1.54, 1.807) is 19.2 Å². The molecule has 0 aliphatic carbocycles. The van der Waals surface area contributed by atoms with Gasteiger partial charge in [0.05, 0.1) is 10.8 Å². The molecule has 25 heavy (non-hydrogen) atoms. The first-order valence-corrected chi connectivity index (χ1v) is 8.88. The van der Waals surface area contributed by atoms with Gasteiger partial charge in [0.2, 0.25) is 5.16 Å². The first-order chi connectivity index (χ1) is 11.8. The average molecular weight is 364 g/mol. The summed E-state index contributed by atoms with van der Waals surface area (Å²) in [5, 5.41) is 0.232. The van der Waals surface area contributed by atoms with Crippen molar-refractivity contribution in [1.82, 2.24) is 18.7 Å². The van der Waals surface area contributed by atoms with Gasteiger partial charge in [0.1, 0.15) is 5.82 Å². The lowest BCUT2D eigenvalue weighted by atomic mass is 10.2. The Morgan fingerprint density at radius 3 is 2.32 bits per heavy atom. The van der Waals surface area contributed by atoms with Crippen LogP contribution in [0.25, 0.3) is 11.2 Å². The number of aryl methyl sites for hydroxylation is 3. The lowest BCUT2D eigenvalue weighted by Gasteiger charge is -2.04. The van der Waals surface area contributed by atoms with Gasteiger partial charge in [-0.05, 0) is 24.1 Å². The second kappa shape index (κ2) is 6.40. The summed E-state index contributed by atoms with van der Waals surface area (Å²) >= 11 is 0. The van der Waals surface area contributed by atoms with Crippen LogP contribution >= 0.6 is 0 Å². The molecule has 0 aliphatic heterocycles. The fourth-order valence-electron chi connectivity index (χ4n) is 2.66. The first kappa shape index (κ1) is 17.3. The normalized spacial score (nSPS) is 12.6. The SMILES string of the molecule is Cn1c(=O)c2c(nc(S(=O)CCc3ccc(F)cc3)n2C)n(C)c1=O. The maximum Gasteiger partial charge on any atom is 0.332 e. The van der Waals surface area contributed by atoms with Gasteiger partial charge in [0, 0.05) is 26.9 Å². The molecule has 1 unspecified atom stereocenters. The number of benzene rings is 1. The van der Waals surface area contributed by atoms with Crippen LogP contribution < -0.4 is 11.2 Å². The summed E-state index contributed by atoms with van der Waals surface area (Å²) in [4.78, 5) is 28.6. The third-order valence-corrected chi connectivity index (χ3v) is 5.47. The van der Waals surface area contributed by atoms with Gasteiger partial charge in [-0.3, -0.25) is 18.1 Å². The fourth-order valence-corrected chi connectivity index (χ4v) is 3.84. The Balaban J connectivity index is 1.97. The summed E-state index contributed by atoms with van der Waals surface area (Å²) < 4.78 is 29.3. The molecule has 0 radical (unpaired) electrons. The van der Waals surface area contributed by atoms with Crippen LogP contribution in [0.5, 0.6) is 0 Å². The smallest absolute Gasteiger partial charge is 0.314 e. The molecule has 0 saturated heterocycles. The van der Waals surface area contributed by atoms with Crippen LogP contribution in [-0.4, -0.2) is 28.6 Å². The molecule has 1 atom stereocenters. The zero-order valence-corrected chi connectivity index (χ0v) is 14.8. The number of fused-ring (bicyclic) bond motifs is 1. The highest BCUT2D eigenvalue weighted by Crippen LogP contribution is 2.14. The van der Waals surface area contributed by atoms with Crippen LogP contribution in [0.15, 0.2) is 39.0 Å². The fraction of sp³-hybridized carbons (Fsp3) is 0.312. The van der Waals surface area contributed by atoms with Crippen molar-refractivity contribution >= 4 is 22.0 Å². The Hall–Kier alpha value is -2.55. The molecule has 7 nitrogen and oxygen atoms in total. The molecule has 3 aromatic rings. The van der Waals surface area contributed by atoms with Gasteiger partial charge in [-0.2, -0.15) is 0 Å². The number of hydrogen-bond donors (Lipinski definition) is 0.